The van der Waals surface area contributed by atoms with Crippen molar-refractivity contribution in [2.24, 2.45) is 17.3 Å². The summed E-state index contributed by atoms with van der Waals surface area (Å²) >= 11 is 0. The summed E-state index contributed by atoms with van der Waals surface area (Å²) in [5, 5.41) is 0. The van der Waals surface area contributed by atoms with Crippen LogP contribution in [0.1, 0.15) is 61.0 Å². The summed E-state index contributed by atoms with van der Waals surface area (Å²) in [7, 11) is 0. The molecule has 1 saturated carbocycles. The smallest absolute Gasteiger partial charge is 0.0759 e. The molecule has 0 heterocycles. The van der Waals surface area contributed by atoms with Gasteiger partial charge in [0, 0.05) is 32.7 Å². The number of hydrogen-bond acceptors (Lipinski definition) is 1. The average Bonchev–Trinajstić information content (AvgIpc) is 2.77. The molecule has 4 rings (SSSR count). The van der Waals surface area contributed by atoms with E-state index < -0.39 is 0 Å². The van der Waals surface area contributed by atoms with E-state index >= 15 is 0 Å². The molecule has 2 aromatic rings. The molecule has 2 aliphatic rings. The Balaban J connectivity index is 0.00000210. The fourth-order valence-electron chi connectivity index (χ4n) is 4.59. The third-order valence-electron chi connectivity index (χ3n) is 6.09. The summed E-state index contributed by atoms with van der Waals surface area (Å²) in [5.74, 6) is 1.27. The Morgan fingerprint density at radius 3 is 2.30 bits per heavy atom. The monoisotopic (exact) mass is 431 g/mol. The fourth-order valence-corrected chi connectivity index (χ4v) is 4.59. The maximum absolute atomic E-state index is 13.0. The van der Waals surface area contributed by atoms with Gasteiger partial charge in [0.05, 0.1) is 5.78 Å². The molecule has 136 valence electrons. The van der Waals surface area contributed by atoms with Crippen LogP contribution in [0.4, 0.5) is 0 Å². The van der Waals surface area contributed by atoms with Crippen molar-refractivity contribution >= 4 is 11.4 Å². The number of ketones is 1. The van der Waals surface area contributed by atoms with E-state index in [0.29, 0.717) is 17.8 Å². The van der Waals surface area contributed by atoms with Gasteiger partial charge in [0.15, 0.2) is 0 Å². The minimum absolute atomic E-state index is 0. The van der Waals surface area contributed by atoms with Gasteiger partial charge < -0.3 is 4.79 Å². The van der Waals surface area contributed by atoms with E-state index in [-0.39, 0.29) is 43.9 Å². The van der Waals surface area contributed by atoms with Crippen LogP contribution in [0.3, 0.4) is 0 Å². The second-order valence-corrected chi connectivity index (χ2v) is 8.71. The molecular formula is C25H26OY-. The maximum atomic E-state index is 13.0. The van der Waals surface area contributed by atoms with Gasteiger partial charge in [0.25, 0.3) is 0 Å². The summed E-state index contributed by atoms with van der Waals surface area (Å²) < 4.78 is 0. The van der Waals surface area contributed by atoms with Crippen molar-refractivity contribution in [2.75, 3.05) is 0 Å². The van der Waals surface area contributed by atoms with Crippen molar-refractivity contribution in [1.29, 1.82) is 0 Å². The van der Waals surface area contributed by atoms with Crippen LogP contribution >= 0.6 is 0 Å². The van der Waals surface area contributed by atoms with E-state index in [0.717, 1.165) is 29.5 Å². The Bertz CT molecular complexity index is 844. The topological polar surface area (TPSA) is 17.1 Å². The first kappa shape index (κ1) is 20.7. The van der Waals surface area contributed by atoms with E-state index in [4.69, 9.17) is 0 Å². The Morgan fingerprint density at radius 1 is 0.926 bits per heavy atom. The molecular weight excluding hydrogens is 405 g/mol. The zero-order chi connectivity index (χ0) is 18.3. The third-order valence-corrected chi connectivity index (χ3v) is 6.09. The summed E-state index contributed by atoms with van der Waals surface area (Å²) in [6, 6.07) is 18.5. The van der Waals surface area contributed by atoms with Gasteiger partial charge in [-0.25, -0.2) is 0 Å². The molecule has 0 saturated heterocycles. The van der Waals surface area contributed by atoms with Crippen molar-refractivity contribution < 1.29 is 37.5 Å². The first-order valence-corrected chi connectivity index (χ1v) is 9.61. The number of fused-ring (bicyclic) bond motifs is 3. The fraction of sp³-hybridized carbons (Fsp3) is 0.360. The number of carbonyl (C=O) groups excluding carboxylic acids is 1. The van der Waals surface area contributed by atoms with Crippen molar-refractivity contribution in [2.45, 2.75) is 39.5 Å². The number of Topliss-reactive ketones (excluding diaryl/α,β-unsaturated/α-hetero) is 1. The number of carbonyl (C=O) groups is 1. The van der Waals surface area contributed by atoms with Crippen LogP contribution < -0.4 is 0 Å². The van der Waals surface area contributed by atoms with Gasteiger partial charge in [-0.15, -0.1) is 35.4 Å². The summed E-state index contributed by atoms with van der Waals surface area (Å²) in [4.78, 5) is 13.0. The van der Waals surface area contributed by atoms with Crippen LogP contribution in [0, 0.1) is 29.7 Å². The molecule has 0 amide bonds. The number of hydrogen-bond donors (Lipinski definition) is 0. The van der Waals surface area contributed by atoms with E-state index in [1.54, 1.807) is 0 Å². The molecule has 0 N–H and O–H groups in total. The Morgan fingerprint density at radius 2 is 1.59 bits per heavy atom. The minimum atomic E-state index is 0. The number of benzene rings is 2. The Labute approximate surface area is 188 Å². The maximum Gasteiger partial charge on any atom is 0.0759 e. The van der Waals surface area contributed by atoms with Gasteiger partial charge in [-0.3, -0.25) is 0 Å². The van der Waals surface area contributed by atoms with E-state index in [9.17, 15) is 4.79 Å². The van der Waals surface area contributed by atoms with Gasteiger partial charge in [-0.1, -0.05) is 68.3 Å². The third kappa shape index (κ3) is 4.05. The second kappa shape index (κ2) is 8.13. The molecule has 0 aliphatic heterocycles. The Hall–Kier alpha value is -1.05. The molecule has 0 aromatic heterocycles. The first-order chi connectivity index (χ1) is 12.4. The SMILES string of the molecule is CC(C)(C)C1[CH]CC2c3ccccc3C(=O)[C-]=C(c3ccccc3)[C@H]2C1.[Y]. The van der Waals surface area contributed by atoms with Crippen LogP contribution in [-0.2, 0) is 32.7 Å². The molecule has 1 nitrogen and oxygen atoms in total. The molecule has 2 unspecified atom stereocenters. The van der Waals surface area contributed by atoms with Crippen LogP contribution in [0.15, 0.2) is 54.6 Å². The van der Waals surface area contributed by atoms with Crippen LogP contribution in [-0.4, -0.2) is 5.78 Å². The Kier molecular flexibility index (Phi) is 6.23. The molecule has 2 aromatic carbocycles. The van der Waals surface area contributed by atoms with Gasteiger partial charge >= 0.3 is 0 Å². The zero-order valence-electron chi connectivity index (χ0n) is 16.4. The molecule has 3 atom stereocenters. The molecule has 0 bridgehead atoms. The standard InChI is InChI=1S/C25H26O.Y/c1-25(2,3)18-13-14-20-19-11-7-8-12-21(19)24(26)16-22(23(20)15-18)17-9-5-4-6-10-17;/h4-13,18,20,23H,14-15H2,1-3H3;/q-1;/t18?,20?,23-;/m0./s1. The largest absolute Gasteiger partial charge is 0.319 e. The second-order valence-electron chi connectivity index (χ2n) is 8.71. The van der Waals surface area contributed by atoms with Crippen LogP contribution in [0.25, 0.3) is 5.57 Å². The van der Waals surface area contributed by atoms with Crippen molar-refractivity contribution in [3.8, 4) is 0 Å². The molecule has 2 aliphatic carbocycles. The zero-order valence-corrected chi connectivity index (χ0v) is 19.2. The summed E-state index contributed by atoms with van der Waals surface area (Å²) in [5.41, 5.74) is 4.50. The molecule has 2 radical (unpaired) electrons. The molecule has 27 heavy (non-hydrogen) atoms. The molecule has 2 heteroatoms. The average molecular weight is 431 g/mol. The molecule has 0 spiro atoms. The molecule has 1 fully saturated rings. The van der Waals surface area contributed by atoms with Gasteiger partial charge in [0.1, 0.15) is 0 Å². The number of allylic oxidation sites excluding steroid dienone is 2. The predicted octanol–water partition coefficient (Wildman–Crippen LogP) is 6.13. The first-order valence-electron chi connectivity index (χ1n) is 9.61. The number of rotatable bonds is 1. The quantitative estimate of drug-likeness (QED) is 0.497. The van der Waals surface area contributed by atoms with E-state index in [2.05, 4.69) is 69.7 Å². The van der Waals surface area contributed by atoms with Crippen LogP contribution in [0.5, 0.6) is 0 Å². The van der Waals surface area contributed by atoms with E-state index in [1.807, 2.05) is 18.2 Å². The van der Waals surface area contributed by atoms with E-state index in [1.165, 1.54) is 5.56 Å². The minimum Gasteiger partial charge on any atom is -0.319 e. The summed E-state index contributed by atoms with van der Waals surface area (Å²) in [6.45, 7) is 6.96. The summed E-state index contributed by atoms with van der Waals surface area (Å²) in [6.07, 6.45) is 7.88. The van der Waals surface area contributed by atoms with Crippen molar-refractivity contribution in [3.63, 3.8) is 0 Å². The van der Waals surface area contributed by atoms with Gasteiger partial charge in [-0.05, 0) is 42.4 Å². The van der Waals surface area contributed by atoms with Crippen molar-refractivity contribution in [1.82, 2.24) is 0 Å². The van der Waals surface area contributed by atoms with Crippen molar-refractivity contribution in [3.05, 3.63) is 83.8 Å². The van der Waals surface area contributed by atoms with Gasteiger partial charge in [0.2, 0.25) is 0 Å². The van der Waals surface area contributed by atoms with Crippen LogP contribution in [0.2, 0.25) is 0 Å². The van der Waals surface area contributed by atoms with Gasteiger partial charge in [-0.2, -0.15) is 0 Å². The predicted molar refractivity (Wildman–Crippen MR) is 107 cm³/mol. The normalized spacial score (nSPS) is 24.8.